The number of ether oxygens (including phenoxy) is 2. The monoisotopic (exact) mass is 607 g/mol. The number of anilines is 1. The van der Waals surface area contributed by atoms with E-state index < -0.39 is 0 Å². The number of aromatic nitrogens is 1. The van der Waals surface area contributed by atoms with E-state index in [1.807, 2.05) is 30.3 Å². The summed E-state index contributed by atoms with van der Waals surface area (Å²) in [5.41, 5.74) is 5.25. The molecule has 0 saturated carbocycles. The van der Waals surface area contributed by atoms with Crippen LogP contribution in [-0.4, -0.2) is 19.1 Å². The Labute approximate surface area is 265 Å². The molecule has 0 aliphatic carbocycles. The van der Waals surface area contributed by atoms with E-state index in [-0.39, 0.29) is 17.9 Å². The number of carbonyl (C=O) groups is 1. The van der Waals surface area contributed by atoms with Gasteiger partial charge < -0.3 is 14.8 Å². The number of hydrogen-bond donors (Lipinski definition) is 1. The first-order valence-electron chi connectivity index (χ1n) is 16.5. The number of amides is 1. The summed E-state index contributed by atoms with van der Waals surface area (Å²) in [6.45, 7) is 12.4. The molecule has 3 rings (SSSR count). The number of thiazole rings is 1. The van der Waals surface area contributed by atoms with E-state index >= 15 is 0 Å². The fourth-order valence-corrected chi connectivity index (χ4v) is 5.74. The van der Waals surface area contributed by atoms with E-state index in [1.165, 1.54) is 86.6 Å². The van der Waals surface area contributed by atoms with E-state index in [2.05, 4.69) is 68.3 Å². The third kappa shape index (κ3) is 13.5. The van der Waals surface area contributed by atoms with Crippen LogP contribution in [0.3, 0.4) is 0 Å². The minimum Gasteiger partial charge on any atom is -0.490 e. The van der Waals surface area contributed by atoms with Gasteiger partial charge in [0.05, 0.1) is 11.5 Å². The van der Waals surface area contributed by atoms with Crippen LogP contribution >= 0.6 is 11.3 Å². The molecule has 0 aliphatic rings. The van der Waals surface area contributed by atoms with Crippen LogP contribution in [-0.2, 0) is 16.8 Å². The first-order chi connectivity index (χ1) is 20.7. The lowest BCUT2D eigenvalue weighted by Crippen LogP contribution is -2.30. The summed E-state index contributed by atoms with van der Waals surface area (Å²) in [6.07, 6.45) is 17.9. The average molecular weight is 608 g/mol. The second-order valence-corrected chi connectivity index (χ2v) is 13.9. The molecule has 236 valence electrons. The molecule has 6 heteroatoms. The zero-order valence-electron chi connectivity index (χ0n) is 27.4. The number of nitrogens with one attached hydrogen (secondary N) is 1. The molecule has 0 unspecified atom stereocenters. The molecular weight excluding hydrogens is 552 g/mol. The number of unbranched alkanes of at least 4 members (excludes halogenated alkanes) is 11. The highest BCUT2D eigenvalue weighted by molar-refractivity contribution is 7.09. The predicted octanol–water partition coefficient (Wildman–Crippen LogP) is 9.79. The van der Waals surface area contributed by atoms with Gasteiger partial charge in [-0.1, -0.05) is 128 Å². The molecule has 1 N–H and O–H groups in total. The molecule has 2 aromatic carbocycles. The Morgan fingerprint density at radius 2 is 1.44 bits per heavy atom. The van der Waals surface area contributed by atoms with Crippen LogP contribution in [0.2, 0.25) is 0 Å². The van der Waals surface area contributed by atoms with E-state index in [0.717, 1.165) is 18.7 Å². The van der Waals surface area contributed by atoms with Crippen LogP contribution in [0.25, 0.3) is 0 Å². The van der Waals surface area contributed by atoms with Gasteiger partial charge in [-0.25, -0.2) is 0 Å². The highest BCUT2D eigenvalue weighted by Gasteiger charge is 2.18. The largest absolute Gasteiger partial charge is 0.490 e. The van der Waals surface area contributed by atoms with Gasteiger partial charge in [0.15, 0.2) is 30.8 Å². The van der Waals surface area contributed by atoms with Crippen molar-refractivity contribution in [1.29, 1.82) is 0 Å². The molecular formula is C37H55N2O3S+. The first-order valence-corrected chi connectivity index (χ1v) is 17.4. The normalized spacial score (nSPS) is 11.5. The Bertz CT molecular complexity index is 1210. The molecule has 0 spiro atoms. The van der Waals surface area contributed by atoms with E-state index in [4.69, 9.17) is 9.47 Å². The van der Waals surface area contributed by atoms with Crippen molar-refractivity contribution >= 4 is 22.9 Å². The highest BCUT2D eigenvalue weighted by Crippen LogP contribution is 2.33. The zero-order chi connectivity index (χ0) is 30.9. The Morgan fingerprint density at radius 1 is 0.814 bits per heavy atom. The molecule has 43 heavy (non-hydrogen) atoms. The van der Waals surface area contributed by atoms with Gasteiger partial charge in [0.2, 0.25) is 5.51 Å². The minimum absolute atomic E-state index is 0.00304. The SMILES string of the molecule is CCCCCCCCCCCCCCOc1cc(C(C)(C)C)ccc1OCC(=O)Nc1ccc(C[n+]2csc(C)c2)cc1. The first kappa shape index (κ1) is 34.6. The fourth-order valence-electron chi connectivity index (χ4n) is 5.10. The molecule has 0 fully saturated rings. The topological polar surface area (TPSA) is 51.4 Å². The molecule has 3 aromatic rings. The Balaban J connectivity index is 1.40. The second kappa shape index (κ2) is 18.7. The van der Waals surface area contributed by atoms with Gasteiger partial charge in [-0.15, -0.1) is 0 Å². The summed E-state index contributed by atoms with van der Waals surface area (Å²) in [5.74, 6) is 1.14. The highest BCUT2D eigenvalue weighted by atomic mass is 32.1. The maximum atomic E-state index is 12.7. The number of hydrogen-bond acceptors (Lipinski definition) is 4. The summed E-state index contributed by atoms with van der Waals surface area (Å²) in [7, 11) is 0. The van der Waals surface area contributed by atoms with Crippen LogP contribution in [0.5, 0.6) is 11.5 Å². The van der Waals surface area contributed by atoms with Crippen molar-refractivity contribution in [2.75, 3.05) is 18.5 Å². The third-order valence-electron chi connectivity index (χ3n) is 7.75. The van der Waals surface area contributed by atoms with Crippen LogP contribution in [0.1, 0.15) is 121 Å². The Hall–Kier alpha value is -2.86. The Kier molecular flexibility index (Phi) is 15.1. The van der Waals surface area contributed by atoms with Crippen molar-refractivity contribution < 1.29 is 18.8 Å². The van der Waals surface area contributed by atoms with Gasteiger partial charge in [0.25, 0.3) is 5.91 Å². The van der Waals surface area contributed by atoms with Gasteiger partial charge in [0.1, 0.15) is 0 Å². The lowest BCUT2D eigenvalue weighted by Gasteiger charge is -2.21. The lowest BCUT2D eigenvalue weighted by molar-refractivity contribution is -0.683. The summed E-state index contributed by atoms with van der Waals surface area (Å²) in [5, 5.41) is 2.95. The summed E-state index contributed by atoms with van der Waals surface area (Å²) in [4.78, 5) is 14.0. The standard InChI is InChI=1S/C37H54N2O3S/c1-6-7-8-9-10-11-12-13-14-15-16-17-24-41-35-25-32(37(3,4)5)20-23-34(35)42-28-36(40)38-33-21-18-31(19-22-33)27-39-26-30(2)43-29-39/h18-23,25-26,29H,6-17,24,27-28H2,1-5H3/p+1. The third-order valence-corrected chi connectivity index (χ3v) is 8.60. The fraction of sp³-hybridized carbons (Fsp3) is 0.568. The maximum absolute atomic E-state index is 12.7. The van der Waals surface area contributed by atoms with Crippen molar-refractivity contribution in [3.8, 4) is 11.5 Å². The second-order valence-electron chi connectivity index (χ2n) is 12.8. The van der Waals surface area contributed by atoms with Gasteiger partial charge in [0, 0.05) is 11.3 Å². The summed E-state index contributed by atoms with van der Waals surface area (Å²) in [6, 6.07) is 14.0. The number of carbonyl (C=O) groups excluding carboxylic acids is 1. The van der Waals surface area contributed by atoms with E-state index in [9.17, 15) is 4.79 Å². The molecule has 1 aromatic heterocycles. The molecule has 0 bridgehead atoms. The van der Waals surface area contributed by atoms with Crippen molar-refractivity contribution in [1.82, 2.24) is 0 Å². The van der Waals surface area contributed by atoms with Gasteiger partial charge in [-0.3, -0.25) is 4.79 Å². The Morgan fingerprint density at radius 3 is 2.02 bits per heavy atom. The van der Waals surface area contributed by atoms with E-state index in [1.54, 1.807) is 11.3 Å². The van der Waals surface area contributed by atoms with Crippen molar-refractivity contribution in [2.24, 2.45) is 0 Å². The van der Waals surface area contributed by atoms with Crippen molar-refractivity contribution in [2.45, 2.75) is 124 Å². The summed E-state index contributed by atoms with van der Waals surface area (Å²) < 4.78 is 14.4. The van der Waals surface area contributed by atoms with Gasteiger partial charge in [-0.05, 0) is 48.6 Å². The number of benzene rings is 2. The molecule has 0 saturated heterocycles. The molecule has 1 heterocycles. The average Bonchev–Trinajstić information content (AvgIpc) is 3.39. The number of aryl methyl sites for hydroxylation is 1. The van der Waals surface area contributed by atoms with Crippen molar-refractivity contribution in [3.63, 3.8) is 0 Å². The van der Waals surface area contributed by atoms with Crippen LogP contribution in [0.15, 0.2) is 54.2 Å². The van der Waals surface area contributed by atoms with E-state index in [0.29, 0.717) is 18.1 Å². The van der Waals surface area contributed by atoms with Gasteiger partial charge in [-0.2, -0.15) is 4.57 Å². The predicted molar refractivity (Wildman–Crippen MR) is 181 cm³/mol. The quantitative estimate of drug-likeness (QED) is 0.103. The number of rotatable bonds is 20. The minimum atomic E-state index is -0.192. The molecule has 5 nitrogen and oxygen atoms in total. The zero-order valence-corrected chi connectivity index (χ0v) is 28.2. The molecule has 1 amide bonds. The van der Waals surface area contributed by atoms with Crippen LogP contribution in [0, 0.1) is 6.92 Å². The summed E-state index contributed by atoms with van der Waals surface area (Å²) >= 11 is 1.74. The number of nitrogens with zero attached hydrogens (tertiary/aromatic N) is 1. The lowest BCUT2D eigenvalue weighted by atomic mass is 9.87. The smallest absolute Gasteiger partial charge is 0.262 e. The molecule has 0 radical (unpaired) electrons. The van der Waals surface area contributed by atoms with Gasteiger partial charge >= 0.3 is 0 Å². The van der Waals surface area contributed by atoms with Crippen LogP contribution in [0.4, 0.5) is 5.69 Å². The van der Waals surface area contributed by atoms with Crippen LogP contribution < -0.4 is 19.4 Å². The molecule has 0 aliphatic heterocycles. The van der Waals surface area contributed by atoms with Crippen molar-refractivity contribution in [3.05, 3.63) is 70.2 Å². The molecule has 0 atom stereocenters. The maximum Gasteiger partial charge on any atom is 0.262 e.